The molecule has 1 aromatic rings. The molecule has 0 aliphatic carbocycles. The van der Waals surface area contributed by atoms with Crippen LogP contribution in [0.4, 0.5) is 0 Å². The van der Waals surface area contributed by atoms with Gasteiger partial charge in [-0.05, 0) is 27.0 Å². The van der Waals surface area contributed by atoms with Crippen LogP contribution >= 0.6 is 22.9 Å². The fourth-order valence-corrected chi connectivity index (χ4v) is 3.50. The van der Waals surface area contributed by atoms with Gasteiger partial charge in [-0.15, -0.1) is 11.3 Å². The molecular formula is C14H24ClN3S. The fourth-order valence-electron chi connectivity index (χ4n) is 2.46. The highest BCUT2D eigenvalue weighted by molar-refractivity contribution is 7.10. The van der Waals surface area contributed by atoms with Crippen LogP contribution in [0.1, 0.15) is 18.7 Å². The zero-order chi connectivity index (χ0) is 13.9. The summed E-state index contributed by atoms with van der Waals surface area (Å²) in [6.45, 7) is 11.2. The van der Waals surface area contributed by atoms with Crippen LogP contribution in [0.3, 0.4) is 0 Å². The van der Waals surface area contributed by atoms with Gasteiger partial charge in [0, 0.05) is 55.1 Å². The number of thiophene rings is 1. The lowest BCUT2D eigenvalue weighted by Crippen LogP contribution is -2.57. The van der Waals surface area contributed by atoms with Crippen molar-refractivity contribution >= 4 is 22.9 Å². The maximum absolute atomic E-state index is 5.93. The first-order valence-electron chi connectivity index (χ1n) is 6.84. The minimum absolute atomic E-state index is 0.211. The number of hydrogen-bond acceptors (Lipinski definition) is 4. The average Bonchev–Trinajstić information content (AvgIpc) is 2.75. The first-order chi connectivity index (χ1) is 8.97. The van der Waals surface area contributed by atoms with E-state index in [1.807, 2.05) is 11.4 Å². The highest BCUT2D eigenvalue weighted by Gasteiger charge is 2.28. The molecule has 0 atom stereocenters. The van der Waals surface area contributed by atoms with Gasteiger partial charge in [-0.3, -0.25) is 4.90 Å². The van der Waals surface area contributed by atoms with E-state index in [1.54, 1.807) is 11.3 Å². The summed E-state index contributed by atoms with van der Waals surface area (Å²) in [5.74, 6) is 0. The van der Waals surface area contributed by atoms with Crippen molar-refractivity contribution in [1.29, 1.82) is 0 Å². The molecule has 108 valence electrons. The molecule has 2 heterocycles. The molecule has 0 radical (unpaired) electrons. The molecule has 0 spiro atoms. The quantitative estimate of drug-likeness (QED) is 0.901. The van der Waals surface area contributed by atoms with E-state index in [2.05, 4.69) is 36.0 Å². The first-order valence-corrected chi connectivity index (χ1v) is 8.10. The molecule has 1 saturated heterocycles. The second-order valence-corrected chi connectivity index (χ2v) is 7.37. The van der Waals surface area contributed by atoms with Crippen molar-refractivity contribution in [3.05, 3.63) is 21.3 Å². The Kier molecular flexibility index (Phi) is 5.26. The van der Waals surface area contributed by atoms with Crippen LogP contribution in [0.25, 0.3) is 0 Å². The van der Waals surface area contributed by atoms with E-state index in [1.165, 1.54) is 18.0 Å². The summed E-state index contributed by atoms with van der Waals surface area (Å²) in [4.78, 5) is 6.29. The molecule has 3 nitrogen and oxygen atoms in total. The molecule has 1 N–H and O–H groups in total. The van der Waals surface area contributed by atoms with Gasteiger partial charge in [0.05, 0.1) is 5.02 Å². The second kappa shape index (κ2) is 6.55. The van der Waals surface area contributed by atoms with Crippen LogP contribution < -0.4 is 5.32 Å². The van der Waals surface area contributed by atoms with Gasteiger partial charge in [0.25, 0.3) is 0 Å². The smallest absolute Gasteiger partial charge is 0.0516 e. The van der Waals surface area contributed by atoms with Crippen molar-refractivity contribution in [1.82, 2.24) is 15.1 Å². The van der Waals surface area contributed by atoms with E-state index in [0.29, 0.717) is 0 Å². The Morgan fingerprint density at radius 1 is 1.32 bits per heavy atom. The van der Waals surface area contributed by atoms with Gasteiger partial charge in [0.15, 0.2) is 0 Å². The lowest BCUT2D eigenvalue weighted by atomic mass is 10.0. The van der Waals surface area contributed by atoms with E-state index in [9.17, 15) is 0 Å². The van der Waals surface area contributed by atoms with Crippen molar-refractivity contribution in [3.8, 4) is 0 Å². The number of rotatable bonds is 5. The van der Waals surface area contributed by atoms with E-state index in [-0.39, 0.29) is 5.54 Å². The van der Waals surface area contributed by atoms with Gasteiger partial charge in [0.2, 0.25) is 0 Å². The van der Waals surface area contributed by atoms with E-state index < -0.39 is 0 Å². The van der Waals surface area contributed by atoms with Crippen LogP contribution in [0.2, 0.25) is 5.02 Å². The van der Waals surface area contributed by atoms with Crippen molar-refractivity contribution in [3.63, 3.8) is 0 Å². The van der Waals surface area contributed by atoms with Gasteiger partial charge in [0.1, 0.15) is 0 Å². The Morgan fingerprint density at radius 2 is 2.00 bits per heavy atom. The molecule has 1 fully saturated rings. The number of nitrogens with zero attached hydrogens (tertiary/aromatic N) is 2. The molecule has 1 aromatic heterocycles. The molecule has 1 aliphatic heterocycles. The molecule has 0 unspecified atom stereocenters. The van der Waals surface area contributed by atoms with Gasteiger partial charge >= 0.3 is 0 Å². The minimum atomic E-state index is 0.211. The molecule has 1 aliphatic rings. The van der Waals surface area contributed by atoms with Crippen molar-refractivity contribution < 1.29 is 0 Å². The van der Waals surface area contributed by atoms with Gasteiger partial charge in [-0.2, -0.15) is 0 Å². The van der Waals surface area contributed by atoms with E-state index in [0.717, 1.165) is 31.2 Å². The largest absolute Gasteiger partial charge is 0.310 e. The Labute approximate surface area is 125 Å². The Balaban J connectivity index is 1.77. The molecule has 2 rings (SSSR count). The zero-order valence-electron chi connectivity index (χ0n) is 12.1. The highest BCUT2D eigenvalue weighted by Crippen LogP contribution is 2.20. The number of hydrogen-bond donors (Lipinski definition) is 1. The zero-order valence-corrected chi connectivity index (χ0v) is 13.7. The van der Waals surface area contributed by atoms with Crippen LogP contribution in [0.15, 0.2) is 11.4 Å². The third-order valence-electron chi connectivity index (χ3n) is 3.84. The predicted octanol–water partition coefficient (Wildman–Crippen LogP) is 2.52. The van der Waals surface area contributed by atoms with Crippen LogP contribution in [0.5, 0.6) is 0 Å². The van der Waals surface area contributed by atoms with Crippen LogP contribution in [-0.4, -0.2) is 55.1 Å². The average molecular weight is 302 g/mol. The summed E-state index contributed by atoms with van der Waals surface area (Å²) in [6, 6.07) is 2.04. The lowest BCUT2D eigenvalue weighted by molar-refractivity contribution is 0.0618. The third-order valence-corrected chi connectivity index (χ3v) is 5.12. The monoisotopic (exact) mass is 301 g/mol. The van der Waals surface area contributed by atoms with Gasteiger partial charge < -0.3 is 10.2 Å². The van der Waals surface area contributed by atoms with Gasteiger partial charge in [-0.1, -0.05) is 11.6 Å². The highest BCUT2D eigenvalue weighted by atomic mass is 35.5. The fraction of sp³-hybridized carbons (Fsp3) is 0.714. The van der Waals surface area contributed by atoms with E-state index in [4.69, 9.17) is 11.6 Å². The molecule has 5 heteroatoms. The van der Waals surface area contributed by atoms with Crippen LogP contribution in [-0.2, 0) is 6.54 Å². The number of piperazine rings is 1. The molecule has 0 aromatic carbocycles. The molecule has 0 saturated carbocycles. The summed E-state index contributed by atoms with van der Waals surface area (Å²) in [7, 11) is 2.20. The molecular weight excluding hydrogens is 278 g/mol. The van der Waals surface area contributed by atoms with E-state index >= 15 is 0 Å². The predicted molar refractivity (Wildman–Crippen MR) is 84.2 cm³/mol. The van der Waals surface area contributed by atoms with Crippen LogP contribution in [0, 0.1) is 0 Å². The summed E-state index contributed by atoms with van der Waals surface area (Å²) in [5.41, 5.74) is 0.211. The second-order valence-electron chi connectivity index (χ2n) is 5.94. The Hall–Kier alpha value is -0.130. The Morgan fingerprint density at radius 3 is 2.58 bits per heavy atom. The first kappa shape index (κ1) is 15.3. The van der Waals surface area contributed by atoms with Crippen molar-refractivity contribution in [2.75, 3.05) is 39.8 Å². The van der Waals surface area contributed by atoms with Crippen molar-refractivity contribution in [2.45, 2.75) is 25.9 Å². The maximum Gasteiger partial charge on any atom is 0.0516 e. The molecule has 0 bridgehead atoms. The number of halogens is 1. The third kappa shape index (κ3) is 4.43. The number of likely N-dealkylation sites (N-methyl/N-ethyl adjacent to an activating group) is 1. The topological polar surface area (TPSA) is 18.5 Å². The SMILES string of the molecule is CN1CCN(C(C)(C)CNCc2cc(Cl)cs2)CC1. The summed E-state index contributed by atoms with van der Waals surface area (Å²) < 4.78 is 0. The normalized spacial score (nSPS) is 18.9. The molecule has 19 heavy (non-hydrogen) atoms. The van der Waals surface area contributed by atoms with Gasteiger partial charge in [-0.25, -0.2) is 0 Å². The van der Waals surface area contributed by atoms with Crippen molar-refractivity contribution in [2.24, 2.45) is 0 Å². The molecule has 0 amide bonds. The Bertz CT molecular complexity index is 397. The summed E-state index contributed by atoms with van der Waals surface area (Å²) in [6.07, 6.45) is 0. The standard InChI is InChI=1S/C14H24ClN3S/c1-14(2,18-6-4-17(3)5-7-18)11-16-9-13-8-12(15)10-19-13/h8,10,16H,4-7,9,11H2,1-3H3. The maximum atomic E-state index is 5.93. The summed E-state index contributed by atoms with van der Waals surface area (Å²) >= 11 is 7.66. The lowest BCUT2D eigenvalue weighted by Gasteiger charge is -2.43. The summed E-state index contributed by atoms with van der Waals surface area (Å²) in [5, 5.41) is 6.40. The number of nitrogens with one attached hydrogen (secondary N) is 1. The minimum Gasteiger partial charge on any atom is -0.310 e.